The largest absolute Gasteiger partial charge is 0.326 e. The van der Waals surface area contributed by atoms with Gasteiger partial charge in [-0.05, 0) is 17.7 Å². The van der Waals surface area contributed by atoms with Crippen LogP contribution in [0, 0.1) is 0 Å². The first-order valence-electron chi connectivity index (χ1n) is 4.75. The Bertz CT molecular complexity index is 548. The second-order valence-electron chi connectivity index (χ2n) is 3.32. The Balaban J connectivity index is 2.55. The molecule has 82 valence electrons. The van der Waals surface area contributed by atoms with Crippen LogP contribution in [0.1, 0.15) is 5.56 Å². The number of halogens is 1. The van der Waals surface area contributed by atoms with Gasteiger partial charge in [0.05, 0.1) is 5.69 Å². The predicted molar refractivity (Wildman–Crippen MR) is 65.9 cm³/mol. The minimum atomic E-state index is -0.235. The summed E-state index contributed by atoms with van der Waals surface area (Å²) in [5.74, 6) is 0. The molecule has 1 aromatic carbocycles. The molecule has 0 saturated carbocycles. The van der Waals surface area contributed by atoms with Crippen molar-refractivity contribution in [1.29, 1.82) is 0 Å². The van der Waals surface area contributed by atoms with E-state index in [1.165, 1.54) is 6.07 Å². The lowest BCUT2D eigenvalue weighted by Gasteiger charge is -2.05. The Labute approximate surface area is 101 Å². The molecule has 0 aliphatic rings. The maximum atomic E-state index is 11.1. The number of H-pyrrole nitrogens is 1. The molecule has 3 N–H and O–H groups in total. The lowest BCUT2D eigenvalue weighted by atomic mass is 10.1. The maximum absolute atomic E-state index is 11.1. The molecule has 0 saturated heterocycles. The molecule has 16 heavy (non-hydrogen) atoms. The second kappa shape index (κ2) is 4.59. The highest BCUT2D eigenvalue weighted by atomic mass is 79.9. The first-order chi connectivity index (χ1) is 7.70. The van der Waals surface area contributed by atoms with Crippen LogP contribution in [0.25, 0.3) is 11.3 Å². The molecule has 4 nitrogen and oxygen atoms in total. The molecular weight excluding hydrogens is 270 g/mol. The molecule has 2 aromatic rings. The average Bonchev–Trinajstić information content (AvgIpc) is 2.30. The van der Waals surface area contributed by atoms with Gasteiger partial charge in [0.1, 0.15) is 0 Å². The van der Waals surface area contributed by atoms with E-state index in [0.717, 1.165) is 21.3 Å². The number of hydrogen-bond donors (Lipinski definition) is 2. The summed E-state index contributed by atoms with van der Waals surface area (Å²) in [6.45, 7) is 0.294. The van der Waals surface area contributed by atoms with E-state index in [-0.39, 0.29) is 5.56 Å². The zero-order valence-electron chi connectivity index (χ0n) is 8.40. The number of hydrogen-bond acceptors (Lipinski definition) is 3. The van der Waals surface area contributed by atoms with Crippen molar-refractivity contribution in [2.75, 3.05) is 0 Å². The van der Waals surface area contributed by atoms with Crippen molar-refractivity contribution in [3.05, 3.63) is 50.7 Å². The summed E-state index contributed by atoms with van der Waals surface area (Å²) in [6, 6.07) is 9.16. The van der Waals surface area contributed by atoms with E-state index in [9.17, 15) is 4.79 Å². The minimum absolute atomic E-state index is 0.235. The zero-order chi connectivity index (χ0) is 11.5. The standard InChI is InChI=1S/C11H10BrN3O/c12-9-3-1-7(2-4-9)11-8(6-13)5-10(16)14-15-11/h1-5H,6,13H2,(H,14,16). The quantitative estimate of drug-likeness (QED) is 0.878. The third kappa shape index (κ3) is 2.20. The molecule has 0 fully saturated rings. The zero-order valence-corrected chi connectivity index (χ0v) is 9.99. The van der Waals surface area contributed by atoms with Crippen LogP contribution >= 0.6 is 15.9 Å². The van der Waals surface area contributed by atoms with Crippen LogP contribution in [0.3, 0.4) is 0 Å². The van der Waals surface area contributed by atoms with Crippen molar-refractivity contribution < 1.29 is 0 Å². The molecule has 0 aliphatic carbocycles. The molecule has 5 heteroatoms. The number of nitrogens with two attached hydrogens (primary N) is 1. The van der Waals surface area contributed by atoms with E-state index in [4.69, 9.17) is 5.73 Å². The van der Waals surface area contributed by atoms with Crippen molar-refractivity contribution in [3.8, 4) is 11.3 Å². The number of nitrogens with one attached hydrogen (secondary N) is 1. The van der Waals surface area contributed by atoms with Crippen molar-refractivity contribution in [1.82, 2.24) is 10.2 Å². The molecule has 1 heterocycles. The molecule has 0 radical (unpaired) electrons. The van der Waals surface area contributed by atoms with E-state index in [1.807, 2.05) is 24.3 Å². The molecule has 1 aromatic heterocycles. The Morgan fingerprint density at radius 1 is 1.31 bits per heavy atom. The number of aromatic nitrogens is 2. The second-order valence-corrected chi connectivity index (χ2v) is 4.23. The number of nitrogens with zero attached hydrogens (tertiary/aromatic N) is 1. The first kappa shape index (κ1) is 11.0. The van der Waals surface area contributed by atoms with Crippen LogP contribution in [0.4, 0.5) is 0 Å². The summed E-state index contributed by atoms with van der Waals surface area (Å²) in [6.07, 6.45) is 0. The normalized spacial score (nSPS) is 10.4. The topological polar surface area (TPSA) is 71.8 Å². The summed E-state index contributed by atoms with van der Waals surface area (Å²) < 4.78 is 0.995. The third-order valence-corrected chi connectivity index (χ3v) is 2.75. The average molecular weight is 280 g/mol. The summed E-state index contributed by atoms with van der Waals surface area (Å²) in [7, 11) is 0. The van der Waals surface area contributed by atoms with Gasteiger partial charge in [0.25, 0.3) is 5.56 Å². The molecular formula is C11H10BrN3O. The van der Waals surface area contributed by atoms with Crippen LogP contribution in [-0.4, -0.2) is 10.2 Å². The lowest BCUT2D eigenvalue weighted by Crippen LogP contribution is -2.12. The Kier molecular flexibility index (Phi) is 3.17. The molecule has 0 aliphatic heterocycles. The molecule has 0 spiro atoms. The van der Waals surface area contributed by atoms with E-state index in [1.54, 1.807) is 0 Å². The van der Waals surface area contributed by atoms with E-state index >= 15 is 0 Å². The summed E-state index contributed by atoms with van der Waals surface area (Å²) >= 11 is 3.36. The van der Waals surface area contributed by atoms with E-state index in [0.29, 0.717) is 6.54 Å². The fourth-order valence-electron chi connectivity index (χ4n) is 1.45. The molecule has 0 unspecified atom stereocenters. The van der Waals surface area contributed by atoms with Gasteiger partial charge in [-0.25, -0.2) is 5.10 Å². The molecule has 0 atom stereocenters. The summed E-state index contributed by atoms with van der Waals surface area (Å²) in [5.41, 5.74) is 7.74. The smallest absolute Gasteiger partial charge is 0.264 e. The van der Waals surface area contributed by atoms with Crippen molar-refractivity contribution >= 4 is 15.9 Å². The van der Waals surface area contributed by atoms with Gasteiger partial charge >= 0.3 is 0 Å². The highest BCUT2D eigenvalue weighted by molar-refractivity contribution is 9.10. The van der Waals surface area contributed by atoms with Crippen LogP contribution in [0.15, 0.2) is 39.6 Å². The van der Waals surface area contributed by atoms with Crippen LogP contribution in [0.5, 0.6) is 0 Å². The van der Waals surface area contributed by atoms with E-state index in [2.05, 4.69) is 26.1 Å². The first-order valence-corrected chi connectivity index (χ1v) is 5.54. The highest BCUT2D eigenvalue weighted by Gasteiger charge is 2.06. The summed E-state index contributed by atoms with van der Waals surface area (Å²) in [5, 5.41) is 6.43. The van der Waals surface area contributed by atoms with Gasteiger partial charge in [0.15, 0.2) is 0 Å². The predicted octanol–water partition coefficient (Wildman–Crippen LogP) is 1.66. The van der Waals surface area contributed by atoms with Crippen LogP contribution in [-0.2, 0) is 6.54 Å². The van der Waals surface area contributed by atoms with Gasteiger partial charge in [0.2, 0.25) is 0 Å². The number of benzene rings is 1. The van der Waals surface area contributed by atoms with E-state index < -0.39 is 0 Å². The Morgan fingerprint density at radius 3 is 2.62 bits per heavy atom. The number of aromatic amines is 1. The molecule has 0 amide bonds. The third-order valence-electron chi connectivity index (χ3n) is 2.22. The maximum Gasteiger partial charge on any atom is 0.264 e. The van der Waals surface area contributed by atoms with Gasteiger partial charge in [-0.15, -0.1) is 0 Å². The van der Waals surface area contributed by atoms with Gasteiger partial charge in [0, 0.05) is 22.6 Å². The lowest BCUT2D eigenvalue weighted by molar-refractivity contribution is 0.944. The van der Waals surface area contributed by atoms with Crippen molar-refractivity contribution in [3.63, 3.8) is 0 Å². The summed E-state index contributed by atoms with van der Waals surface area (Å²) in [4.78, 5) is 11.1. The fourth-order valence-corrected chi connectivity index (χ4v) is 1.72. The molecule has 0 bridgehead atoms. The van der Waals surface area contributed by atoms with Crippen LogP contribution in [0.2, 0.25) is 0 Å². The van der Waals surface area contributed by atoms with Gasteiger partial charge in [-0.2, -0.15) is 5.10 Å². The van der Waals surface area contributed by atoms with Gasteiger partial charge in [-0.1, -0.05) is 28.1 Å². The van der Waals surface area contributed by atoms with Crippen LogP contribution < -0.4 is 11.3 Å². The van der Waals surface area contributed by atoms with Crippen molar-refractivity contribution in [2.24, 2.45) is 5.73 Å². The highest BCUT2D eigenvalue weighted by Crippen LogP contribution is 2.21. The fraction of sp³-hybridized carbons (Fsp3) is 0.0909. The van der Waals surface area contributed by atoms with Crippen molar-refractivity contribution in [2.45, 2.75) is 6.54 Å². The number of rotatable bonds is 2. The molecule has 2 rings (SSSR count). The van der Waals surface area contributed by atoms with Gasteiger partial charge < -0.3 is 5.73 Å². The monoisotopic (exact) mass is 279 g/mol. The van der Waals surface area contributed by atoms with Gasteiger partial charge in [-0.3, -0.25) is 4.79 Å². The minimum Gasteiger partial charge on any atom is -0.326 e. The Morgan fingerprint density at radius 2 is 2.00 bits per heavy atom. The SMILES string of the molecule is NCc1cc(=O)[nH]nc1-c1ccc(Br)cc1. The Hall–Kier alpha value is -1.46.